The van der Waals surface area contributed by atoms with Gasteiger partial charge in [-0.15, -0.1) is 0 Å². The molecule has 2 N–H and O–H groups in total. The van der Waals surface area contributed by atoms with E-state index in [1.807, 2.05) is 25.3 Å². The van der Waals surface area contributed by atoms with Crippen molar-refractivity contribution in [2.24, 2.45) is 5.92 Å². The molecular weight excluding hydrogens is 492 g/mol. The SMILES string of the molecule is Cc1coc(-c2cnc3[nH]ccc3c2NC2CC(CS(=O)(=O)c3cc(C#N)ccn3)C2)n1.O=S=O. The molecule has 4 aromatic rings. The minimum atomic E-state index is -3.55. The van der Waals surface area contributed by atoms with Crippen molar-refractivity contribution in [2.45, 2.75) is 30.8 Å². The van der Waals surface area contributed by atoms with Crippen LogP contribution in [-0.4, -0.2) is 48.6 Å². The summed E-state index contributed by atoms with van der Waals surface area (Å²) in [7, 11) is -3.55. The van der Waals surface area contributed by atoms with Gasteiger partial charge in [0.15, 0.2) is 14.9 Å². The third-order valence-electron chi connectivity index (χ3n) is 5.66. The molecule has 0 aromatic carbocycles. The van der Waals surface area contributed by atoms with Crippen molar-refractivity contribution in [2.75, 3.05) is 11.1 Å². The fraction of sp³-hybridized carbons (Fsp3) is 0.273. The van der Waals surface area contributed by atoms with Gasteiger partial charge in [-0.2, -0.15) is 13.7 Å². The fourth-order valence-corrected chi connectivity index (χ4v) is 5.63. The maximum atomic E-state index is 12.7. The Kier molecular flexibility index (Phi) is 7.04. The second kappa shape index (κ2) is 10.2. The van der Waals surface area contributed by atoms with Crippen molar-refractivity contribution in [3.8, 4) is 17.5 Å². The molecule has 1 aliphatic carbocycles. The molecule has 11 nitrogen and oxygen atoms in total. The van der Waals surface area contributed by atoms with Gasteiger partial charge in [0.25, 0.3) is 0 Å². The number of rotatable bonds is 6. The van der Waals surface area contributed by atoms with Crippen LogP contribution in [0, 0.1) is 24.2 Å². The van der Waals surface area contributed by atoms with Crippen molar-refractivity contribution >= 4 is 38.1 Å². The van der Waals surface area contributed by atoms with Gasteiger partial charge in [0.2, 0.25) is 5.89 Å². The Balaban J connectivity index is 0.000000917. The van der Waals surface area contributed by atoms with Gasteiger partial charge in [0.05, 0.1) is 34.3 Å². The average Bonchev–Trinajstić information content (AvgIpc) is 3.47. The molecule has 0 amide bonds. The summed E-state index contributed by atoms with van der Waals surface area (Å²) in [5, 5.41) is 13.4. The summed E-state index contributed by atoms with van der Waals surface area (Å²) in [6, 6.07) is 6.83. The number of H-pyrrole nitrogens is 1. The molecular formula is C22H20N6O5S2. The summed E-state index contributed by atoms with van der Waals surface area (Å²) in [6.45, 7) is 1.86. The number of fused-ring (bicyclic) bond motifs is 1. The van der Waals surface area contributed by atoms with E-state index in [4.69, 9.17) is 18.1 Å². The molecule has 1 fully saturated rings. The topological polar surface area (TPSA) is 172 Å². The third kappa shape index (κ3) is 5.28. The first-order valence-corrected chi connectivity index (χ1v) is 12.8. The molecule has 13 heteroatoms. The van der Waals surface area contributed by atoms with Gasteiger partial charge in [0, 0.05) is 30.0 Å². The highest BCUT2D eigenvalue weighted by molar-refractivity contribution is 7.91. The van der Waals surface area contributed by atoms with Gasteiger partial charge < -0.3 is 14.7 Å². The van der Waals surface area contributed by atoms with Gasteiger partial charge in [-0.25, -0.2) is 23.4 Å². The number of nitriles is 1. The van der Waals surface area contributed by atoms with E-state index in [-0.39, 0.29) is 28.3 Å². The molecule has 0 radical (unpaired) electrons. The summed E-state index contributed by atoms with van der Waals surface area (Å²) >= 11 is -0.750. The highest BCUT2D eigenvalue weighted by atomic mass is 32.2. The second-order valence-electron chi connectivity index (χ2n) is 8.10. The number of aromatic nitrogens is 4. The Bertz CT molecular complexity index is 1540. The molecule has 0 bridgehead atoms. The maximum Gasteiger partial charge on any atom is 0.335 e. The number of aryl methyl sites for hydroxylation is 1. The van der Waals surface area contributed by atoms with Gasteiger partial charge in [0.1, 0.15) is 11.9 Å². The van der Waals surface area contributed by atoms with Gasteiger partial charge in [-0.3, -0.25) is 0 Å². The largest absolute Gasteiger partial charge is 0.444 e. The molecule has 4 aromatic heterocycles. The Labute approximate surface area is 204 Å². The zero-order chi connectivity index (χ0) is 25.0. The van der Waals surface area contributed by atoms with Crippen molar-refractivity contribution in [3.05, 3.63) is 54.3 Å². The number of pyridine rings is 2. The lowest BCUT2D eigenvalue weighted by atomic mass is 9.81. The second-order valence-corrected chi connectivity index (χ2v) is 10.2. The smallest absolute Gasteiger partial charge is 0.335 e. The highest BCUT2D eigenvalue weighted by Gasteiger charge is 2.34. The Morgan fingerprint density at radius 2 is 2.06 bits per heavy atom. The van der Waals surface area contributed by atoms with E-state index < -0.39 is 21.4 Å². The van der Waals surface area contributed by atoms with E-state index >= 15 is 0 Å². The van der Waals surface area contributed by atoms with E-state index in [9.17, 15) is 8.42 Å². The molecule has 0 spiro atoms. The number of aromatic amines is 1. The Morgan fingerprint density at radius 1 is 1.29 bits per heavy atom. The van der Waals surface area contributed by atoms with Crippen LogP contribution in [0.2, 0.25) is 0 Å². The first-order valence-electron chi connectivity index (χ1n) is 10.5. The lowest BCUT2D eigenvalue weighted by Gasteiger charge is -2.36. The number of anilines is 1. The number of nitrogens with zero attached hydrogens (tertiary/aromatic N) is 4. The Morgan fingerprint density at radius 3 is 2.74 bits per heavy atom. The molecule has 1 saturated carbocycles. The normalized spacial score (nSPS) is 17.0. The predicted molar refractivity (Wildman–Crippen MR) is 126 cm³/mol. The quantitative estimate of drug-likeness (QED) is 0.391. The number of hydrogen-bond acceptors (Lipinski definition) is 10. The number of nitrogens with one attached hydrogen (secondary N) is 2. The first-order chi connectivity index (χ1) is 16.8. The molecule has 5 rings (SSSR count). The molecule has 180 valence electrons. The van der Waals surface area contributed by atoms with Crippen molar-refractivity contribution in [1.29, 1.82) is 5.26 Å². The van der Waals surface area contributed by atoms with Crippen LogP contribution >= 0.6 is 0 Å². The van der Waals surface area contributed by atoms with E-state index in [0.717, 1.165) is 28.0 Å². The fourth-order valence-electron chi connectivity index (χ4n) is 4.04. The predicted octanol–water partition coefficient (Wildman–Crippen LogP) is 2.79. The minimum Gasteiger partial charge on any atom is -0.444 e. The third-order valence-corrected chi connectivity index (χ3v) is 7.43. The summed E-state index contributed by atoms with van der Waals surface area (Å²) in [5.74, 6) is 0.512. The first kappa shape index (κ1) is 24.2. The van der Waals surface area contributed by atoms with Crippen molar-refractivity contribution in [3.63, 3.8) is 0 Å². The summed E-state index contributed by atoms with van der Waals surface area (Å²) in [4.78, 5) is 15.9. The number of sulfone groups is 1. The van der Waals surface area contributed by atoms with E-state index in [0.29, 0.717) is 18.7 Å². The molecule has 1 aliphatic rings. The van der Waals surface area contributed by atoms with Crippen LogP contribution in [0.25, 0.3) is 22.5 Å². The lowest BCUT2D eigenvalue weighted by Crippen LogP contribution is -2.39. The van der Waals surface area contributed by atoms with Crippen LogP contribution in [0.4, 0.5) is 5.69 Å². The van der Waals surface area contributed by atoms with Gasteiger partial charge in [-0.1, -0.05) is 0 Å². The summed E-state index contributed by atoms with van der Waals surface area (Å²) in [5.41, 5.74) is 3.45. The van der Waals surface area contributed by atoms with Gasteiger partial charge >= 0.3 is 11.6 Å². The van der Waals surface area contributed by atoms with Gasteiger partial charge in [-0.05, 0) is 43.9 Å². The average molecular weight is 513 g/mol. The van der Waals surface area contributed by atoms with E-state index in [1.165, 1.54) is 18.3 Å². The molecule has 35 heavy (non-hydrogen) atoms. The standard InChI is InChI=1S/C22H20N6O3S.O2S/c1-13-11-31-22(27-13)18-10-26-21-17(3-5-25-21)20(18)28-16-6-15(7-16)12-32(29,30)19-8-14(9-23)2-4-24-19;1-3-2/h2-5,8,10-11,15-16H,6-7,12H2,1H3,(H2,25,26,28);. The summed E-state index contributed by atoms with van der Waals surface area (Å²) < 4.78 is 47.6. The van der Waals surface area contributed by atoms with Crippen LogP contribution in [-0.2, 0) is 21.4 Å². The highest BCUT2D eigenvalue weighted by Crippen LogP contribution is 2.38. The minimum absolute atomic E-state index is 0.00869. The van der Waals surface area contributed by atoms with Crippen molar-refractivity contribution < 1.29 is 21.3 Å². The van der Waals surface area contributed by atoms with E-state index in [1.54, 1.807) is 12.5 Å². The molecule has 0 atom stereocenters. The van der Waals surface area contributed by atoms with Crippen LogP contribution in [0.3, 0.4) is 0 Å². The monoisotopic (exact) mass is 512 g/mol. The lowest BCUT2D eigenvalue weighted by molar-refractivity contribution is 0.310. The van der Waals surface area contributed by atoms with Crippen LogP contribution < -0.4 is 5.32 Å². The molecule has 0 aliphatic heterocycles. The zero-order valence-corrected chi connectivity index (χ0v) is 20.1. The number of oxazole rings is 1. The summed E-state index contributed by atoms with van der Waals surface area (Å²) in [6.07, 6.45) is 7.91. The van der Waals surface area contributed by atoms with Crippen LogP contribution in [0.1, 0.15) is 24.1 Å². The molecule has 0 unspecified atom stereocenters. The maximum absolute atomic E-state index is 12.7. The molecule has 4 heterocycles. The Hall–Kier alpha value is -3.89. The van der Waals surface area contributed by atoms with Crippen LogP contribution in [0.5, 0.6) is 0 Å². The zero-order valence-electron chi connectivity index (χ0n) is 18.5. The van der Waals surface area contributed by atoms with Crippen molar-refractivity contribution in [1.82, 2.24) is 19.9 Å². The van der Waals surface area contributed by atoms with Crippen LogP contribution in [0.15, 0.2) is 52.5 Å². The number of hydrogen-bond donors (Lipinski definition) is 2. The molecule has 0 saturated heterocycles. The van der Waals surface area contributed by atoms with E-state index in [2.05, 4.69) is 25.3 Å².